The Bertz CT molecular complexity index is 400. The van der Waals surface area contributed by atoms with E-state index in [0.29, 0.717) is 12.2 Å². The summed E-state index contributed by atoms with van der Waals surface area (Å²) in [5, 5.41) is 9.19. The Balaban J connectivity index is 2.18. The fourth-order valence-corrected chi connectivity index (χ4v) is 4.86. The fraction of sp³-hybridized carbons (Fsp3) is 0.700. The van der Waals surface area contributed by atoms with E-state index in [2.05, 4.69) is 0 Å². The lowest BCUT2D eigenvalue weighted by Crippen LogP contribution is -2.57. The van der Waals surface area contributed by atoms with Gasteiger partial charge in [-0.25, -0.2) is 4.79 Å². The molecule has 0 spiro atoms. The van der Waals surface area contributed by atoms with Crippen molar-refractivity contribution < 1.29 is 19.5 Å². The summed E-state index contributed by atoms with van der Waals surface area (Å²) in [5.74, 6) is -0.671. The maximum atomic E-state index is 11.4. The highest BCUT2D eigenvalue weighted by Gasteiger charge is 2.60. The van der Waals surface area contributed by atoms with Crippen molar-refractivity contribution >= 4 is 40.5 Å². The number of β-lactam (4-membered cyclic amide) rings is 1. The maximum Gasteiger partial charge on any atom is 0.327 e. The van der Waals surface area contributed by atoms with Gasteiger partial charge < -0.3 is 10.0 Å². The smallest absolute Gasteiger partial charge is 0.327 e. The number of aliphatic carboxylic acids is 1. The highest BCUT2D eigenvalue weighted by atomic mass is 32.2. The van der Waals surface area contributed by atoms with E-state index < -0.39 is 16.8 Å². The van der Waals surface area contributed by atoms with E-state index >= 15 is 0 Å². The van der Waals surface area contributed by atoms with Crippen molar-refractivity contribution in [2.75, 3.05) is 5.75 Å². The van der Waals surface area contributed by atoms with Gasteiger partial charge in [0.15, 0.2) is 5.12 Å². The molecule has 0 aromatic rings. The first-order chi connectivity index (χ1) is 7.85. The molecule has 2 saturated heterocycles. The van der Waals surface area contributed by atoms with Crippen molar-refractivity contribution in [3.8, 4) is 0 Å². The van der Waals surface area contributed by atoms with Crippen LogP contribution in [0.25, 0.3) is 0 Å². The third-order valence-corrected chi connectivity index (χ3v) is 5.91. The molecule has 2 rings (SSSR count). The molecular formula is C10H13NO4S2. The summed E-state index contributed by atoms with van der Waals surface area (Å²) in [6.45, 7) is 3.28. The first kappa shape index (κ1) is 12.8. The second-order valence-corrected chi connectivity index (χ2v) is 7.28. The molecule has 17 heavy (non-hydrogen) atoms. The van der Waals surface area contributed by atoms with Gasteiger partial charge in [-0.1, -0.05) is 11.8 Å². The van der Waals surface area contributed by atoms with E-state index in [-0.39, 0.29) is 16.4 Å². The van der Waals surface area contributed by atoms with Crippen molar-refractivity contribution in [1.29, 1.82) is 0 Å². The number of carbonyl (C=O) groups is 3. The number of carboxylic acids is 1. The molecule has 2 heterocycles. The predicted octanol–water partition coefficient (Wildman–Crippen LogP) is 0.783. The molecule has 2 aliphatic heterocycles. The Morgan fingerprint density at radius 3 is 2.76 bits per heavy atom. The van der Waals surface area contributed by atoms with Crippen LogP contribution < -0.4 is 0 Å². The van der Waals surface area contributed by atoms with Gasteiger partial charge in [0.05, 0.1) is 16.5 Å². The topological polar surface area (TPSA) is 74.7 Å². The molecule has 0 saturated carbocycles. The summed E-state index contributed by atoms with van der Waals surface area (Å²) in [4.78, 5) is 35.2. The van der Waals surface area contributed by atoms with Crippen LogP contribution >= 0.6 is 23.5 Å². The van der Waals surface area contributed by atoms with Gasteiger partial charge in [-0.3, -0.25) is 9.59 Å². The number of hydrogen-bond acceptors (Lipinski definition) is 5. The molecule has 2 aliphatic rings. The predicted molar refractivity (Wildman–Crippen MR) is 65.8 cm³/mol. The van der Waals surface area contributed by atoms with Crippen LogP contribution in [-0.2, 0) is 14.4 Å². The van der Waals surface area contributed by atoms with E-state index in [1.165, 1.54) is 23.6 Å². The summed E-state index contributed by atoms with van der Waals surface area (Å²) in [6, 6.07) is -0.814. The molecular weight excluding hydrogens is 262 g/mol. The number of amides is 1. The van der Waals surface area contributed by atoms with Crippen LogP contribution in [0, 0.1) is 0 Å². The van der Waals surface area contributed by atoms with E-state index in [4.69, 9.17) is 0 Å². The molecule has 1 N–H and O–H groups in total. The van der Waals surface area contributed by atoms with Gasteiger partial charge in [-0.05, 0) is 6.92 Å². The molecule has 0 bridgehead atoms. The Morgan fingerprint density at radius 2 is 2.29 bits per heavy atom. The summed E-state index contributed by atoms with van der Waals surface area (Å²) in [5.41, 5.74) is 0. The largest absolute Gasteiger partial charge is 0.480 e. The van der Waals surface area contributed by atoms with Crippen molar-refractivity contribution in [2.24, 2.45) is 0 Å². The highest BCUT2D eigenvalue weighted by molar-refractivity contribution is 8.14. The zero-order valence-corrected chi connectivity index (χ0v) is 11.1. The van der Waals surface area contributed by atoms with Gasteiger partial charge in [0.25, 0.3) is 0 Å². The zero-order valence-electron chi connectivity index (χ0n) is 9.50. The average Bonchev–Trinajstić information content (AvgIpc) is 2.45. The van der Waals surface area contributed by atoms with Crippen LogP contribution in [0.1, 0.15) is 20.3 Å². The number of carboxylic acid groups (broad SMARTS) is 1. The minimum atomic E-state index is -0.986. The van der Waals surface area contributed by atoms with Gasteiger partial charge in [-0.2, -0.15) is 0 Å². The van der Waals surface area contributed by atoms with Crippen molar-refractivity contribution in [2.45, 2.75) is 36.4 Å². The van der Waals surface area contributed by atoms with Crippen LogP contribution in [0.5, 0.6) is 0 Å². The van der Waals surface area contributed by atoms with Crippen molar-refractivity contribution in [1.82, 2.24) is 4.90 Å². The molecule has 0 aromatic carbocycles. The molecule has 94 valence electrons. The Labute approximate surface area is 107 Å². The van der Waals surface area contributed by atoms with E-state index in [1.54, 1.807) is 0 Å². The van der Waals surface area contributed by atoms with E-state index in [1.807, 2.05) is 6.92 Å². The van der Waals surface area contributed by atoms with Gasteiger partial charge in [0.2, 0.25) is 5.91 Å². The molecule has 0 aromatic heterocycles. The minimum Gasteiger partial charge on any atom is -0.480 e. The first-order valence-electron chi connectivity index (χ1n) is 5.20. The fourth-order valence-electron chi connectivity index (χ4n) is 2.22. The monoisotopic (exact) mass is 275 g/mol. The molecule has 3 atom stereocenters. The number of fused-ring (bicyclic) bond motifs is 1. The summed E-state index contributed by atoms with van der Waals surface area (Å²) >= 11 is 2.62. The number of rotatable bonds is 3. The van der Waals surface area contributed by atoms with Crippen molar-refractivity contribution in [3.63, 3.8) is 0 Å². The standard InChI is InChI=1S/C10H13NO4S2/c1-5(12)16-4-10(2)8(9(14)15)11-6(13)3-7(11)17-10/h7-8H,3-4H2,1-2H3,(H,14,15). The molecule has 5 nitrogen and oxygen atoms in total. The van der Waals surface area contributed by atoms with Crippen molar-refractivity contribution in [3.05, 3.63) is 0 Å². The second kappa shape index (κ2) is 4.20. The molecule has 1 amide bonds. The van der Waals surface area contributed by atoms with Crippen LogP contribution in [0.2, 0.25) is 0 Å². The number of carbonyl (C=O) groups excluding carboxylic acids is 2. The van der Waals surface area contributed by atoms with E-state index in [9.17, 15) is 19.5 Å². The van der Waals surface area contributed by atoms with Gasteiger partial charge in [0, 0.05) is 12.7 Å². The van der Waals surface area contributed by atoms with Gasteiger partial charge in [0.1, 0.15) is 6.04 Å². The SMILES string of the molecule is CC(=O)SCC1(C)SC2CC(=O)N2C1C(=O)O. The third kappa shape index (κ3) is 2.06. The Hall–Kier alpha value is -0.690. The lowest BCUT2D eigenvalue weighted by Gasteiger charge is -2.36. The lowest BCUT2D eigenvalue weighted by molar-refractivity contribution is -0.157. The van der Waals surface area contributed by atoms with Gasteiger partial charge >= 0.3 is 5.97 Å². The minimum absolute atomic E-state index is 0.0267. The number of nitrogens with zero attached hydrogens (tertiary/aromatic N) is 1. The summed E-state index contributed by atoms with van der Waals surface area (Å²) < 4.78 is -0.584. The van der Waals surface area contributed by atoms with Gasteiger partial charge in [-0.15, -0.1) is 11.8 Å². The quantitative estimate of drug-likeness (QED) is 0.767. The van der Waals surface area contributed by atoms with Crippen LogP contribution in [0.4, 0.5) is 0 Å². The zero-order chi connectivity index (χ0) is 12.8. The Kier molecular flexibility index (Phi) is 3.15. The first-order valence-corrected chi connectivity index (χ1v) is 7.07. The summed E-state index contributed by atoms with van der Waals surface area (Å²) in [6.07, 6.45) is 0.411. The molecule has 2 fully saturated rings. The molecule has 7 heteroatoms. The third-order valence-electron chi connectivity index (χ3n) is 3.01. The van der Waals surface area contributed by atoms with Crippen LogP contribution in [0.15, 0.2) is 0 Å². The van der Waals surface area contributed by atoms with Crippen LogP contribution in [-0.4, -0.2) is 48.9 Å². The number of thioether (sulfide) groups is 2. The average molecular weight is 275 g/mol. The highest BCUT2D eigenvalue weighted by Crippen LogP contribution is 2.52. The maximum absolute atomic E-state index is 11.4. The van der Waals surface area contributed by atoms with Crippen LogP contribution in [0.3, 0.4) is 0 Å². The number of hydrogen-bond donors (Lipinski definition) is 1. The molecule has 0 radical (unpaired) electrons. The lowest BCUT2D eigenvalue weighted by atomic mass is 9.98. The Morgan fingerprint density at radius 1 is 1.65 bits per heavy atom. The molecule has 3 unspecified atom stereocenters. The summed E-state index contributed by atoms with van der Waals surface area (Å²) in [7, 11) is 0. The normalized spacial score (nSPS) is 35.4. The second-order valence-electron chi connectivity index (χ2n) is 4.41. The van der Waals surface area contributed by atoms with E-state index in [0.717, 1.165) is 11.8 Å². The molecule has 0 aliphatic carbocycles.